The fourth-order valence-corrected chi connectivity index (χ4v) is 2.11. The second-order valence-electron chi connectivity index (χ2n) is 4.38. The lowest BCUT2D eigenvalue weighted by molar-refractivity contribution is -0.141. The fourth-order valence-electron chi connectivity index (χ4n) is 1.81. The van der Waals surface area contributed by atoms with Gasteiger partial charge in [-0.05, 0) is 18.6 Å². The number of aromatic nitrogens is 2. The Bertz CT molecular complexity index is 646. The van der Waals surface area contributed by atoms with Crippen LogP contribution in [0.5, 0.6) is 0 Å². The molecule has 1 atom stereocenters. The summed E-state index contributed by atoms with van der Waals surface area (Å²) >= 11 is 6.04. The van der Waals surface area contributed by atoms with Crippen molar-refractivity contribution in [1.82, 2.24) is 9.97 Å². The minimum Gasteiger partial charge on any atom is -0.368 e. The number of nitrogens with two attached hydrogens (primary N) is 1. The van der Waals surface area contributed by atoms with E-state index in [4.69, 9.17) is 17.3 Å². The zero-order valence-corrected chi connectivity index (χ0v) is 11.7. The molecule has 0 aliphatic heterocycles. The highest BCUT2D eigenvalue weighted by atomic mass is 35.5. The van der Waals surface area contributed by atoms with Crippen molar-refractivity contribution in [3.8, 4) is 0 Å². The maximum atomic E-state index is 12.7. The fraction of sp³-hybridized carbons (Fsp3) is 0.231. The Balaban J connectivity index is 2.28. The Kier molecular flexibility index (Phi) is 4.22. The van der Waals surface area contributed by atoms with E-state index < -0.39 is 17.8 Å². The molecule has 2 rings (SSSR count). The van der Waals surface area contributed by atoms with Gasteiger partial charge in [0.05, 0.1) is 6.04 Å². The van der Waals surface area contributed by atoms with Crippen molar-refractivity contribution in [2.45, 2.75) is 19.1 Å². The van der Waals surface area contributed by atoms with Crippen molar-refractivity contribution in [1.29, 1.82) is 0 Å². The molecule has 0 bridgehead atoms. The third-order valence-corrected chi connectivity index (χ3v) is 3.11. The third-order valence-electron chi connectivity index (χ3n) is 2.77. The largest absolute Gasteiger partial charge is 0.433 e. The van der Waals surface area contributed by atoms with Crippen LogP contribution in [0.2, 0.25) is 5.02 Å². The van der Waals surface area contributed by atoms with Crippen LogP contribution >= 0.6 is 11.6 Å². The number of alkyl halides is 3. The number of hydrogen-bond donors (Lipinski definition) is 2. The van der Waals surface area contributed by atoms with Crippen LogP contribution in [-0.4, -0.2) is 9.97 Å². The van der Waals surface area contributed by atoms with E-state index in [-0.39, 0.29) is 11.9 Å². The first kappa shape index (κ1) is 15.4. The first-order valence-corrected chi connectivity index (χ1v) is 6.38. The molecule has 3 N–H and O–H groups in total. The van der Waals surface area contributed by atoms with Gasteiger partial charge in [-0.1, -0.05) is 29.8 Å². The smallest absolute Gasteiger partial charge is 0.368 e. The predicted molar refractivity (Wildman–Crippen MR) is 74.9 cm³/mol. The molecular weight excluding hydrogens is 305 g/mol. The first-order valence-electron chi connectivity index (χ1n) is 6.00. The van der Waals surface area contributed by atoms with Gasteiger partial charge >= 0.3 is 6.18 Å². The van der Waals surface area contributed by atoms with E-state index in [1.54, 1.807) is 31.2 Å². The van der Waals surface area contributed by atoms with Gasteiger partial charge in [0.2, 0.25) is 5.95 Å². The molecule has 0 radical (unpaired) electrons. The zero-order valence-electron chi connectivity index (χ0n) is 10.9. The summed E-state index contributed by atoms with van der Waals surface area (Å²) in [4.78, 5) is 6.93. The van der Waals surface area contributed by atoms with Gasteiger partial charge in [-0.15, -0.1) is 0 Å². The van der Waals surface area contributed by atoms with Crippen molar-refractivity contribution in [2.24, 2.45) is 0 Å². The number of nitrogens with zero attached hydrogens (tertiary/aromatic N) is 2. The Morgan fingerprint density at radius 2 is 1.90 bits per heavy atom. The molecule has 0 aliphatic rings. The summed E-state index contributed by atoms with van der Waals surface area (Å²) in [5.41, 5.74) is 4.96. The van der Waals surface area contributed by atoms with Crippen LogP contribution in [0.4, 0.5) is 24.9 Å². The molecule has 0 saturated carbocycles. The molecule has 1 heterocycles. The van der Waals surface area contributed by atoms with Gasteiger partial charge in [-0.25, -0.2) is 4.98 Å². The van der Waals surface area contributed by atoms with Gasteiger partial charge in [-0.3, -0.25) is 0 Å². The summed E-state index contributed by atoms with van der Waals surface area (Å²) in [5.74, 6) is -0.457. The quantitative estimate of drug-likeness (QED) is 0.901. The van der Waals surface area contributed by atoms with E-state index >= 15 is 0 Å². The highest BCUT2D eigenvalue weighted by molar-refractivity contribution is 6.31. The molecular formula is C13H12ClF3N4. The van der Waals surface area contributed by atoms with E-state index in [0.29, 0.717) is 5.02 Å². The number of nitrogen functional groups attached to an aromatic ring is 1. The summed E-state index contributed by atoms with van der Waals surface area (Å²) < 4.78 is 38.0. The highest BCUT2D eigenvalue weighted by Crippen LogP contribution is 2.31. The van der Waals surface area contributed by atoms with Crippen molar-refractivity contribution < 1.29 is 13.2 Å². The number of halogens is 4. The minimum atomic E-state index is -4.58. The normalized spacial score (nSPS) is 13.0. The molecule has 4 nitrogen and oxygen atoms in total. The van der Waals surface area contributed by atoms with Gasteiger partial charge in [-0.2, -0.15) is 18.2 Å². The lowest BCUT2D eigenvalue weighted by atomic mass is 10.1. The Morgan fingerprint density at radius 1 is 1.24 bits per heavy atom. The average molecular weight is 317 g/mol. The van der Waals surface area contributed by atoms with Crippen LogP contribution in [0.3, 0.4) is 0 Å². The second kappa shape index (κ2) is 5.77. The molecule has 0 fully saturated rings. The average Bonchev–Trinajstić information content (AvgIpc) is 2.37. The minimum absolute atomic E-state index is 0.0118. The number of nitrogens with one attached hydrogen (secondary N) is 1. The van der Waals surface area contributed by atoms with Gasteiger partial charge in [0.15, 0.2) is 5.69 Å². The molecule has 1 aromatic heterocycles. The van der Waals surface area contributed by atoms with Crippen LogP contribution in [0, 0.1) is 0 Å². The van der Waals surface area contributed by atoms with Crippen molar-refractivity contribution in [3.05, 3.63) is 46.6 Å². The topological polar surface area (TPSA) is 63.8 Å². The molecule has 8 heteroatoms. The number of hydrogen-bond acceptors (Lipinski definition) is 4. The number of benzene rings is 1. The predicted octanol–water partition coefficient (Wildman–Crippen LogP) is 3.90. The number of rotatable bonds is 3. The lowest BCUT2D eigenvalue weighted by Gasteiger charge is -2.17. The van der Waals surface area contributed by atoms with Gasteiger partial charge in [0, 0.05) is 11.1 Å². The molecule has 0 amide bonds. The zero-order chi connectivity index (χ0) is 15.6. The first-order chi connectivity index (χ1) is 9.77. The Hall–Kier alpha value is -2.02. The van der Waals surface area contributed by atoms with Crippen LogP contribution < -0.4 is 11.1 Å². The Labute approximate surface area is 124 Å². The molecule has 0 saturated heterocycles. The molecule has 1 aromatic carbocycles. The lowest BCUT2D eigenvalue weighted by Crippen LogP contribution is -2.14. The molecule has 21 heavy (non-hydrogen) atoms. The van der Waals surface area contributed by atoms with E-state index in [0.717, 1.165) is 11.6 Å². The molecule has 112 valence electrons. The summed E-state index contributed by atoms with van der Waals surface area (Å²) in [6.07, 6.45) is -4.58. The summed E-state index contributed by atoms with van der Waals surface area (Å²) in [7, 11) is 0. The SMILES string of the molecule is CC(Nc1cc(C(F)(F)F)nc(N)n1)c1ccccc1Cl. The van der Waals surface area contributed by atoms with E-state index in [9.17, 15) is 13.2 Å². The summed E-state index contributed by atoms with van der Waals surface area (Å²) in [5, 5.41) is 3.35. The van der Waals surface area contributed by atoms with Crippen molar-refractivity contribution in [3.63, 3.8) is 0 Å². The molecule has 0 aliphatic carbocycles. The number of anilines is 2. The van der Waals surface area contributed by atoms with E-state index in [1.165, 1.54) is 0 Å². The Morgan fingerprint density at radius 3 is 2.52 bits per heavy atom. The second-order valence-corrected chi connectivity index (χ2v) is 4.79. The van der Waals surface area contributed by atoms with Crippen LogP contribution in [0.15, 0.2) is 30.3 Å². The molecule has 0 spiro atoms. The highest BCUT2D eigenvalue weighted by Gasteiger charge is 2.33. The van der Waals surface area contributed by atoms with Crippen LogP contribution in [0.1, 0.15) is 24.2 Å². The van der Waals surface area contributed by atoms with Gasteiger partial charge < -0.3 is 11.1 Å². The monoisotopic (exact) mass is 316 g/mol. The standard InChI is InChI=1S/C13H12ClF3N4/c1-7(8-4-2-3-5-9(8)14)19-11-6-10(13(15,16)17)20-12(18)21-11/h2-7H,1H3,(H3,18,19,20,21). The maximum absolute atomic E-state index is 12.7. The van der Waals surface area contributed by atoms with E-state index in [2.05, 4.69) is 15.3 Å². The summed E-state index contributed by atoms with van der Waals surface area (Å²) in [6, 6.07) is 7.50. The van der Waals surface area contributed by atoms with Crippen LogP contribution in [-0.2, 0) is 6.18 Å². The summed E-state index contributed by atoms with van der Waals surface area (Å²) in [6.45, 7) is 1.76. The molecule has 2 aromatic rings. The molecule has 1 unspecified atom stereocenters. The van der Waals surface area contributed by atoms with Gasteiger partial charge in [0.25, 0.3) is 0 Å². The van der Waals surface area contributed by atoms with E-state index in [1.807, 2.05) is 0 Å². The van der Waals surface area contributed by atoms with Crippen LogP contribution in [0.25, 0.3) is 0 Å². The van der Waals surface area contributed by atoms with Gasteiger partial charge in [0.1, 0.15) is 5.82 Å². The van der Waals surface area contributed by atoms with Crippen molar-refractivity contribution in [2.75, 3.05) is 11.1 Å². The maximum Gasteiger partial charge on any atom is 0.433 e. The third kappa shape index (κ3) is 3.75. The van der Waals surface area contributed by atoms with Crippen molar-refractivity contribution >= 4 is 23.4 Å².